The fraction of sp³-hybridized carbons (Fsp3) is 0.250. The van der Waals surface area contributed by atoms with Gasteiger partial charge in [0.25, 0.3) is 0 Å². The Balaban J connectivity index is 2.80. The molecule has 92 valence electrons. The Morgan fingerprint density at radius 1 is 1.41 bits per heavy atom. The second kappa shape index (κ2) is 5.63. The third-order valence-corrected chi connectivity index (χ3v) is 3.35. The second-order valence-electron chi connectivity index (χ2n) is 3.62. The third-order valence-electron chi connectivity index (χ3n) is 2.06. The molecule has 0 unspecified atom stereocenters. The van der Waals surface area contributed by atoms with Gasteiger partial charge in [0.2, 0.25) is 0 Å². The molecule has 0 radical (unpaired) electrons. The van der Waals surface area contributed by atoms with Gasteiger partial charge >= 0.3 is 5.97 Å². The zero-order valence-electron chi connectivity index (χ0n) is 9.71. The van der Waals surface area contributed by atoms with Gasteiger partial charge in [0.15, 0.2) is 9.84 Å². The molecule has 0 aliphatic rings. The largest absolute Gasteiger partial charge is 0.466 e. The lowest BCUT2D eigenvalue weighted by molar-refractivity contribution is -0.134. The number of aryl methyl sites for hydroxylation is 1. The molecule has 0 heterocycles. The van der Waals surface area contributed by atoms with Crippen LogP contribution in [0.3, 0.4) is 0 Å². The standard InChI is InChI=1S/C12H14O4S/c1-10-4-3-5-11(8-10)9-17(14,15)7-6-12(13)16-2/h3-8H,9H2,1-2H3/b7-6+. The fourth-order valence-electron chi connectivity index (χ4n) is 1.31. The first-order valence-corrected chi connectivity index (χ1v) is 6.69. The van der Waals surface area contributed by atoms with E-state index in [9.17, 15) is 13.2 Å². The van der Waals surface area contributed by atoms with Crippen LogP contribution < -0.4 is 0 Å². The molecule has 0 bridgehead atoms. The molecule has 0 atom stereocenters. The monoisotopic (exact) mass is 254 g/mol. The van der Waals surface area contributed by atoms with Gasteiger partial charge in [0.05, 0.1) is 12.9 Å². The molecule has 1 rings (SSSR count). The fourth-order valence-corrected chi connectivity index (χ4v) is 2.37. The van der Waals surface area contributed by atoms with Crippen molar-refractivity contribution in [3.8, 4) is 0 Å². The molecule has 0 saturated heterocycles. The number of carbonyl (C=O) groups is 1. The predicted molar refractivity (Wildman–Crippen MR) is 65.0 cm³/mol. The second-order valence-corrected chi connectivity index (χ2v) is 5.51. The van der Waals surface area contributed by atoms with Gasteiger partial charge in [-0.05, 0) is 12.5 Å². The van der Waals surface area contributed by atoms with Crippen LogP contribution >= 0.6 is 0 Å². The molecular formula is C12H14O4S. The number of hydrogen-bond acceptors (Lipinski definition) is 4. The molecule has 0 aromatic heterocycles. The highest BCUT2D eigenvalue weighted by molar-refractivity contribution is 7.93. The van der Waals surface area contributed by atoms with Gasteiger partial charge in [-0.3, -0.25) is 0 Å². The third kappa shape index (κ3) is 4.82. The van der Waals surface area contributed by atoms with Crippen molar-refractivity contribution in [1.29, 1.82) is 0 Å². The minimum absolute atomic E-state index is 0.123. The van der Waals surface area contributed by atoms with Crippen molar-refractivity contribution < 1.29 is 17.9 Å². The van der Waals surface area contributed by atoms with E-state index in [1.54, 1.807) is 18.2 Å². The summed E-state index contributed by atoms with van der Waals surface area (Å²) in [4.78, 5) is 10.8. The van der Waals surface area contributed by atoms with Crippen LogP contribution in [0.15, 0.2) is 35.7 Å². The summed E-state index contributed by atoms with van der Waals surface area (Å²) >= 11 is 0. The molecule has 0 fully saturated rings. The van der Waals surface area contributed by atoms with Crippen LogP contribution in [0.5, 0.6) is 0 Å². The maximum Gasteiger partial charge on any atom is 0.331 e. The molecule has 17 heavy (non-hydrogen) atoms. The molecule has 1 aromatic carbocycles. The number of esters is 1. The first-order chi connectivity index (χ1) is 7.93. The first-order valence-electron chi connectivity index (χ1n) is 4.97. The van der Waals surface area contributed by atoms with E-state index in [1.807, 2.05) is 13.0 Å². The van der Waals surface area contributed by atoms with E-state index < -0.39 is 15.8 Å². The summed E-state index contributed by atoms with van der Waals surface area (Å²) in [6.07, 6.45) is 0.908. The van der Waals surface area contributed by atoms with Crippen molar-refractivity contribution in [2.75, 3.05) is 7.11 Å². The molecule has 0 saturated carbocycles. The Morgan fingerprint density at radius 3 is 2.71 bits per heavy atom. The number of methoxy groups -OCH3 is 1. The molecule has 0 spiro atoms. The Kier molecular flexibility index (Phi) is 4.45. The summed E-state index contributed by atoms with van der Waals surface area (Å²) in [5, 5.41) is 0.876. The Hall–Kier alpha value is -1.62. The van der Waals surface area contributed by atoms with Gasteiger partial charge in [-0.25, -0.2) is 13.2 Å². The summed E-state index contributed by atoms with van der Waals surface area (Å²) in [5.41, 5.74) is 1.69. The van der Waals surface area contributed by atoms with Gasteiger partial charge in [-0.1, -0.05) is 29.8 Å². The van der Waals surface area contributed by atoms with Crippen molar-refractivity contribution in [3.63, 3.8) is 0 Å². The van der Waals surface area contributed by atoms with Crippen LogP contribution in [0.25, 0.3) is 0 Å². The number of sulfone groups is 1. The minimum atomic E-state index is -3.44. The molecule has 1 aromatic rings. The Morgan fingerprint density at radius 2 is 2.12 bits per heavy atom. The molecule has 4 nitrogen and oxygen atoms in total. The summed E-state index contributed by atoms with van der Waals surface area (Å²) in [5.74, 6) is -0.805. The number of benzene rings is 1. The van der Waals surface area contributed by atoms with Crippen molar-refractivity contribution in [2.24, 2.45) is 0 Å². The lowest BCUT2D eigenvalue weighted by Crippen LogP contribution is -2.02. The van der Waals surface area contributed by atoms with Crippen LogP contribution in [-0.2, 0) is 25.1 Å². The van der Waals surface area contributed by atoms with E-state index in [-0.39, 0.29) is 5.75 Å². The average Bonchev–Trinajstić information content (AvgIpc) is 2.25. The van der Waals surface area contributed by atoms with Gasteiger partial charge in [0, 0.05) is 11.5 Å². The Labute approximate surface area is 101 Å². The maximum atomic E-state index is 11.6. The summed E-state index contributed by atoms with van der Waals surface area (Å²) in [7, 11) is -2.24. The molecule has 0 aliphatic heterocycles. The summed E-state index contributed by atoms with van der Waals surface area (Å²) < 4.78 is 27.6. The van der Waals surface area contributed by atoms with Gasteiger partial charge < -0.3 is 4.74 Å². The van der Waals surface area contributed by atoms with Crippen molar-refractivity contribution in [2.45, 2.75) is 12.7 Å². The quantitative estimate of drug-likeness (QED) is 0.605. The normalized spacial score (nSPS) is 11.6. The number of carbonyl (C=O) groups excluding carboxylic acids is 1. The zero-order valence-corrected chi connectivity index (χ0v) is 10.5. The Bertz CT molecular complexity index is 529. The minimum Gasteiger partial charge on any atom is -0.466 e. The van der Waals surface area contributed by atoms with Gasteiger partial charge in [-0.15, -0.1) is 0 Å². The predicted octanol–water partition coefficient (Wildman–Crippen LogP) is 1.60. The van der Waals surface area contributed by atoms with Crippen LogP contribution in [0, 0.1) is 6.92 Å². The van der Waals surface area contributed by atoms with Crippen LogP contribution in [0.4, 0.5) is 0 Å². The van der Waals surface area contributed by atoms with Crippen LogP contribution in [-0.4, -0.2) is 21.5 Å². The van der Waals surface area contributed by atoms with Crippen molar-refractivity contribution in [3.05, 3.63) is 46.9 Å². The number of rotatable bonds is 4. The van der Waals surface area contributed by atoms with Crippen molar-refractivity contribution in [1.82, 2.24) is 0 Å². The number of ether oxygens (including phenoxy) is 1. The number of hydrogen-bond donors (Lipinski definition) is 0. The highest BCUT2D eigenvalue weighted by Gasteiger charge is 2.08. The van der Waals surface area contributed by atoms with Gasteiger partial charge in [0.1, 0.15) is 0 Å². The molecule has 0 amide bonds. The zero-order chi connectivity index (χ0) is 12.9. The maximum absolute atomic E-state index is 11.6. The van der Waals surface area contributed by atoms with Crippen LogP contribution in [0.1, 0.15) is 11.1 Å². The first kappa shape index (κ1) is 13.4. The van der Waals surface area contributed by atoms with E-state index in [0.29, 0.717) is 5.56 Å². The lowest BCUT2D eigenvalue weighted by atomic mass is 10.2. The topological polar surface area (TPSA) is 60.4 Å². The smallest absolute Gasteiger partial charge is 0.331 e. The summed E-state index contributed by atoms with van der Waals surface area (Å²) in [6, 6.07) is 7.21. The van der Waals surface area contributed by atoms with Gasteiger partial charge in [-0.2, -0.15) is 0 Å². The van der Waals surface area contributed by atoms with E-state index in [0.717, 1.165) is 17.0 Å². The SMILES string of the molecule is COC(=O)/C=C/S(=O)(=O)Cc1cccc(C)c1. The van der Waals surface area contributed by atoms with Crippen LogP contribution in [0.2, 0.25) is 0 Å². The average molecular weight is 254 g/mol. The highest BCUT2D eigenvalue weighted by atomic mass is 32.2. The molecule has 5 heteroatoms. The van der Waals surface area contributed by atoms with Crippen molar-refractivity contribution >= 4 is 15.8 Å². The summed E-state index contributed by atoms with van der Waals surface area (Å²) in [6.45, 7) is 1.89. The molecular weight excluding hydrogens is 240 g/mol. The van der Waals surface area contributed by atoms with E-state index in [1.165, 1.54) is 7.11 Å². The van der Waals surface area contributed by atoms with E-state index in [4.69, 9.17) is 0 Å². The van der Waals surface area contributed by atoms with E-state index >= 15 is 0 Å². The molecule has 0 aliphatic carbocycles. The highest BCUT2D eigenvalue weighted by Crippen LogP contribution is 2.09. The lowest BCUT2D eigenvalue weighted by Gasteiger charge is -2.01. The van der Waals surface area contributed by atoms with E-state index in [2.05, 4.69) is 4.74 Å². The molecule has 0 N–H and O–H groups in total.